The molecule has 1 aromatic heterocycles. The van der Waals surface area contributed by atoms with Crippen molar-refractivity contribution in [3.05, 3.63) is 23.9 Å². The van der Waals surface area contributed by atoms with E-state index in [1.165, 1.54) is 11.5 Å². The van der Waals surface area contributed by atoms with Crippen LogP contribution in [0.4, 0.5) is 5.82 Å². The molecule has 2 rings (SSSR count). The molecule has 1 fully saturated rings. The largest absolute Gasteiger partial charge is 0.355 e. The maximum absolute atomic E-state index is 4.75. The first-order chi connectivity index (χ1) is 8.75. The van der Waals surface area contributed by atoms with E-state index >= 15 is 0 Å². The quantitative estimate of drug-likeness (QED) is 0.885. The van der Waals surface area contributed by atoms with Crippen LogP contribution in [0.5, 0.6) is 0 Å². The number of pyridine rings is 1. The highest BCUT2D eigenvalue weighted by Gasteiger charge is 2.12. The second-order valence-electron chi connectivity index (χ2n) is 5.11. The van der Waals surface area contributed by atoms with Gasteiger partial charge in [0.05, 0.1) is 5.69 Å². The number of thioether (sulfide) groups is 1. The predicted octanol–water partition coefficient (Wildman–Crippen LogP) is 2.38. The molecule has 3 nitrogen and oxygen atoms in total. The molecule has 100 valence electrons. The van der Waals surface area contributed by atoms with Gasteiger partial charge in [0.1, 0.15) is 5.82 Å². The van der Waals surface area contributed by atoms with Gasteiger partial charge in [0, 0.05) is 31.1 Å². The molecule has 2 heterocycles. The molecule has 18 heavy (non-hydrogen) atoms. The maximum Gasteiger partial charge on any atom is 0.128 e. The van der Waals surface area contributed by atoms with E-state index in [9.17, 15) is 0 Å². The van der Waals surface area contributed by atoms with Crippen LogP contribution >= 0.6 is 11.8 Å². The molecule has 0 spiro atoms. The van der Waals surface area contributed by atoms with Crippen LogP contribution in [0.3, 0.4) is 0 Å². The zero-order valence-corrected chi connectivity index (χ0v) is 12.2. The van der Waals surface area contributed by atoms with Crippen LogP contribution in [0.25, 0.3) is 0 Å². The average molecular weight is 265 g/mol. The Morgan fingerprint density at radius 3 is 2.83 bits per heavy atom. The Kier molecular flexibility index (Phi) is 5.32. The summed E-state index contributed by atoms with van der Waals surface area (Å²) in [5.41, 5.74) is 1.14. The summed E-state index contributed by atoms with van der Waals surface area (Å²) >= 11 is 2.03. The summed E-state index contributed by atoms with van der Waals surface area (Å²) in [6.45, 7) is 8.62. The van der Waals surface area contributed by atoms with Gasteiger partial charge in [0.2, 0.25) is 0 Å². The molecule has 0 aliphatic carbocycles. The second kappa shape index (κ2) is 7.00. The van der Waals surface area contributed by atoms with E-state index in [1.54, 1.807) is 0 Å². The van der Waals surface area contributed by atoms with Crippen molar-refractivity contribution in [1.29, 1.82) is 0 Å². The van der Waals surface area contributed by atoms with Crippen LogP contribution in [0, 0.1) is 5.92 Å². The fourth-order valence-corrected chi connectivity index (χ4v) is 2.93. The summed E-state index contributed by atoms with van der Waals surface area (Å²) in [4.78, 5) is 7.14. The number of rotatable bonds is 5. The minimum Gasteiger partial charge on any atom is -0.355 e. The van der Waals surface area contributed by atoms with Crippen molar-refractivity contribution >= 4 is 17.6 Å². The number of nitrogens with one attached hydrogen (secondary N) is 1. The van der Waals surface area contributed by atoms with Crippen LogP contribution in [-0.2, 0) is 6.54 Å². The standard InChI is InChI=1S/C14H23N3S/c1-12(2)10-15-11-13-4-3-5-14(16-13)17-6-8-18-9-7-17/h3-5,12,15H,6-11H2,1-2H3. The Hall–Kier alpha value is -0.740. The van der Waals surface area contributed by atoms with Crippen LogP contribution < -0.4 is 10.2 Å². The van der Waals surface area contributed by atoms with E-state index in [0.717, 1.165) is 37.7 Å². The van der Waals surface area contributed by atoms with Crippen molar-refractivity contribution in [2.45, 2.75) is 20.4 Å². The van der Waals surface area contributed by atoms with Crippen molar-refractivity contribution in [2.24, 2.45) is 5.92 Å². The van der Waals surface area contributed by atoms with Gasteiger partial charge in [-0.15, -0.1) is 0 Å². The topological polar surface area (TPSA) is 28.2 Å². The fourth-order valence-electron chi connectivity index (χ4n) is 2.02. The zero-order valence-electron chi connectivity index (χ0n) is 11.4. The molecule has 1 aromatic rings. The van der Waals surface area contributed by atoms with E-state index in [2.05, 4.69) is 42.3 Å². The second-order valence-corrected chi connectivity index (χ2v) is 6.34. The van der Waals surface area contributed by atoms with Crippen LogP contribution in [-0.4, -0.2) is 36.1 Å². The molecular weight excluding hydrogens is 242 g/mol. The molecule has 0 bridgehead atoms. The number of aromatic nitrogens is 1. The third kappa shape index (κ3) is 4.18. The SMILES string of the molecule is CC(C)CNCc1cccc(N2CCSCC2)n1. The highest BCUT2D eigenvalue weighted by atomic mass is 32.2. The van der Waals surface area contributed by atoms with Crippen molar-refractivity contribution in [3.8, 4) is 0 Å². The molecule has 0 unspecified atom stereocenters. The molecule has 1 aliphatic heterocycles. The van der Waals surface area contributed by atoms with Gasteiger partial charge in [-0.25, -0.2) is 4.98 Å². The molecule has 4 heteroatoms. The number of hydrogen-bond donors (Lipinski definition) is 1. The normalized spacial score (nSPS) is 16.3. The average Bonchev–Trinajstić information content (AvgIpc) is 2.40. The summed E-state index contributed by atoms with van der Waals surface area (Å²) in [5, 5.41) is 3.45. The van der Waals surface area contributed by atoms with Crippen LogP contribution in [0.15, 0.2) is 18.2 Å². The monoisotopic (exact) mass is 265 g/mol. The lowest BCUT2D eigenvalue weighted by molar-refractivity contribution is 0.548. The Balaban J connectivity index is 1.91. The minimum atomic E-state index is 0.687. The smallest absolute Gasteiger partial charge is 0.128 e. The van der Waals surface area contributed by atoms with E-state index in [0.29, 0.717) is 5.92 Å². The van der Waals surface area contributed by atoms with Gasteiger partial charge in [-0.05, 0) is 24.6 Å². The van der Waals surface area contributed by atoms with Crippen molar-refractivity contribution in [2.75, 3.05) is 36.0 Å². The Morgan fingerprint density at radius 1 is 1.33 bits per heavy atom. The number of hydrogen-bond acceptors (Lipinski definition) is 4. The molecule has 0 atom stereocenters. The fraction of sp³-hybridized carbons (Fsp3) is 0.643. The van der Waals surface area contributed by atoms with Gasteiger partial charge in [-0.2, -0.15) is 11.8 Å². The molecule has 0 amide bonds. The van der Waals surface area contributed by atoms with Crippen LogP contribution in [0.1, 0.15) is 19.5 Å². The summed E-state index contributed by atoms with van der Waals surface area (Å²) in [7, 11) is 0. The van der Waals surface area contributed by atoms with Crippen LogP contribution in [0.2, 0.25) is 0 Å². The van der Waals surface area contributed by atoms with E-state index in [1.807, 2.05) is 11.8 Å². The van der Waals surface area contributed by atoms with Crippen molar-refractivity contribution < 1.29 is 0 Å². The van der Waals surface area contributed by atoms with E-state index < -0.39 is 0 Å². The minimum absolute atomic E-state index is 0.687. The Labute approximate surface area is 114 Å². The molecular formula is C14H23N3S. The summed E-state index contributed by atoms with van der Waals surface area (Å²) in [6, 6.07) is 6.36. The van der Waals surface area contributed by atoms with Gasteiger partial charge >= 0.3 is 0 Å². The van der Waals surface area contributed by atoms with Gasteiger partial charge in [-0.3, -0.25) is 0 Å². The third-order valence-electron chi connectivity index (χ3n) is 2.99. The molecule has 1 aliphatic rings. The highest BCUT2D eigenvalue weighted by molar-refractivity contribution is 7.99. The lowest BCUT2D eigenvalue weighted by Gasteiger charge is -2.27. The van der Waals surface area contributed by atoms with Crippen molar-refractivity contribution in [3.63, 3.8) is 0 Å². The molecule has 1 saturated heterocycles. The highest BCUT2D eigenvalue weighted by Crippen LogP contribution is 2.17. The first-order valence-corrected chi connectivity index (χ1v) is 7.90. The van der Waals surface area contributed by atoms with E-state index in [-0.39, 0.29) is 0 Å². The molecule has 0 radical (unpaired) electrons. The van der Waals surface area contributed by atoms with E-state index in [4.69, 9.17) is 4.98 Å². The lowest BCUT2D eigenvalue weighted by Crippen LogP contribution is -2.33. The summed E-state index contributed by atoms with van der Waals surface area (Å²) in [6.07, 6.45) is 0. The summed E-state index contributed by atoms with van der Waals surface area (Å²) < 4.78 is 0. The number of anilines is 1. The third-order valence-corrected chi connectivity index (χ3v) is 3.93. The summed E-state index contributed by atoms with van der Waals surface area (Å²) in [5.74, 6) is 4.26. The molecule has 0 saturated carbocycles. The predicted molar refractivity (Wildman–Crippen MR) is 80.3 cm³/mol. The van der Waals surface area contributed by atoms with Gasteiger partial charge in [-0.1, -0.05) is 19.9 Å². The van der Waals surface area contributed by atoms with Gasteiger partial charge < -0.3 is 10.2 Å². The lowest BCUT2D eigenvalue weighted by atomic mass is 10.2. The Morgan fingerprint density at radius 2 is 2.11 bits per heavy atom. The zero-order chi connectivity index (χ0) is 12.8. The van der Waals surface area contributed by atoms with Crippen molar-refractivity contribution in [1.82, 2.24) is 10.3 Å². The first kappa shape index (κ1) is 13.7. The molecule has 0 aromatic carbocycles. The first-order valence-electron chi connectivity index (χ1n) is 6.75. The Bertz CT molecular complexity index is 362. The van der Waals surface area contributed by atoms with Gasteiger partial charge in [0.25, 0.3) is 0 Å². The van der Waals surface area contributed by atoms with Gasteiger partial charge in [0.15, 0.2) is 0 Å². The molecule has 1 N–H and O–H groups in total. The maximum atomic E-state index is 4.75. The number of nitrogens with zero attached hydrogens (tertiary/aromatic N) is 2.